The number of hydrogen-bond donors (Lipinski definition) is 3. The van der Waals surface area contributed by atoms with Crippen LogP contribution < -0.4 is 15.4 Å². The first-order valence-corrected chi connectivity index (χ1v) is 5.49. The highest BCUT2D eigenvalue weighted by atomic mass is 16.5. The molecule has 0 bridgehead atoms. The second-order valence-corrected chi connectivity index (χ2v) is 3.58. The lowest BCUT2D eigenvalue weighted by Crippen LogP contribution is -2.37. The zero-order valence-corrected chi connectivity index (χ0v) is 9.85. The first-order valence-electron chi connectivity index (χ1n) is 5.49. The maximum absolute atomic E-state index is 10.9. The van der Waals surface area contributed by atoms with Crippen molar-refractivity contribution in [2.45, 2.75) is 6.10 Å². The predicted molar refractivity (Wildman–Crippen MR) is 64.9 cm³/mol. The average Bonchev–Trinajstić information content (AvgIpc) is 2.37. The van der Waals surface area contributed by atoms with Crippen LogP contribution in [-0.2, 0) is 4.79 Å². The van der Waals surface area contributed by atoms with E-state index in [2.05, 4.69) is 10.6 Å². The molecule has 17 heavy (non-hydrogen) atoms. The number of para-hydroxylation sites is 1. The molecular formula is C12H18N2O3. The van der Waals surface area contributed by atoms with Gasteiger partial charge in [0.05, 0.1) is 6.54 Å². The molecule has 5 heteroatoms. The predicted octanol–water partition coefficient (Wildman–Crippen LogP) is -0.238. The summed E-state index contributed by atoms with van der Waals surface area (Å²) >= 11 is 0. The number of aliphatic hydroxyl groups is 1. The van der Waals surface area contributed by atoms with Crippen LogP contribution in [0.3, 0.4) is 0 Å². The molecule has 0 fully saturated rings. The zero-order chi connectivity index (χ0) is 12.5. The van der Waals surface area contributed by atoms with Gasteiger partial charge in [0.15, 0.2) is 0 Å². The van der Waals surface area contributed by atoms with Crippen LogP contribution in [0.2, 0.25) is 0 Å². The summed E-state index contributed by atoms with van der Waals surface area (Å²) in [6.45, 7) is 0.712. The van der Waals surface area contributed by atoms with E-state index < -0.39 is 6.10 Å². The summed E-state index contributed by atoms with van der Waals surface area (Å²) in [6, 6.07) is 9.28. The number of benzene rings is 1. The number of aliphatic hydroxyl groups excluding tert-OH is 1. The number of ether oxygens (including phenoxy) is 1. The van der Waals surface area contributed by atoms with Crippen LogP contribution in [0.1, 0.15) is 0 Å². The van der Waals surface area contributed by atoms with Gasteiger partial charge in [-0.25, -0.2) is 0 Å². The number of likely N-dealkylation sites (N-methyl/N-ethyl adjacent to an activating group) is 1. The molecule has 5 nitrogen and oxygen atoms in total. The van der Waals surface area contributed by atoms with E-state index in [-0.39, 0.29) is 19.1 Å². The third kappa shape index (κ3) is 5.89. The molecule has 0 saturated carbocycles. The number of carbonyl (C=O) groups excluding carboxylic acids is 1. The quantitative estimate of drug-likeness (QED) is 0.613. The number of rotatable bonds is 7. The fourth-order valence-electron chi connectivity index (χ4n) is 1.21. The molecule has 0 aliphatic carbocycles. The van der Waals surface area contributed by atoms with Crippen LogP contribution >= 0.6 is 0 Å². The largest absolute Gasteiger partial charge is 0.491 e. The second kappa shape index (κ2) is 7.65. The van der Waals surface area contributed by atoms with Crippen molar-refractivity contribution < 1.29 is 14.6 Å². The van der Waals surface area contributed by atoms with Crippen molar-refractivity contribution in [2.75, 3.05) is 26.7 Å². The Bertz CT molecular complexity index is 330. The SMILES string of the molecule is CNC(=O)CNCC(O)COc1ccccc1. The summed E-state index contributed by atoms with van der Waals surface area (Å²) in [5.41, 5.74) is 0. The van der Waals surface area contributed by atoms with Gasteiger partial charge < -0.3 is 20.5 Å². The molecule has 94 valence electrons. The Balaban J connectivity index is 2.13. The molecule has 1 unspecified atom stereocenters. The Morgan fingerprint density at radius 3 is 2.76 bits per heavy atom. The maximum atomic E-state index is 10.9. The first kappa shape index (κ1) is 13.5. The van der Waals surface area contributed by atoms with Crippen LogP contribution in [0.4, 0.5) is 0 Å². The number of nitrogens with one attached hydrogen (secondary N) is 2. The highest BCUT2D eigenvalue weighted by Crippen LogP contribution is 2.08. The van der Waals surface area contributed by atoms with Crippen LogP contribution in [0.5, 0.6) is 5.75 Å². The third-order valence-corrected chi connectivity index (χ3v) is 2.13. The molecule has 0 radical (unpaired) electrons. The van der Waals surface area contributed by atoms with E-state index in [9.17, 15) is 9.90 Å². The van der Waals surface area contributed by atoms with E-state index >= 15 is 0 Å². The summed E-state index contributed by atoms with van der Waals surface area (Å²) in [5.74, 6) is 0.610. The van der Waals surface area contributed by atoms with E-state index in [4.69, 9.17) is 4.74 Å². The third-order valence-electron chi connectivity index (χ3n) is 2.13. The Labute approximate surface area is 101 Å². The van der Waals surface area contributed by atoms with Gasteiger partial charge in [-0.3, -0.25) is 4.79 Å². The fourth-order valence-corrected chi connectivity index (χ4v) is 1.21. The van der Waals surface area contributed by atoms with E-state index in [1.54, 1.807) is 7.05 Å². The van der Waals surface area contributed by atoms with Crippen LogP contribution in [-0.4, -0.2) is 43.9 Å². The Morgan fingerprint density at radius 2 is 2.12 bits per heavy atom. The van der Waals surface area contributed by atoms with E-state index in [0.717, 1.165) is 5.75 Å². The monoisotopic (exact) mass is 238 g/mol. The van der Waals surface area contributed by atoms with Gasteiger partial charge >= 0.3 is 0 Å². The molecule has 3 N–H and O–H groups in total. The minimum Gasteiger partial charge on any atom is -0.491 e. The van der Waals surface area contributed by atoms with Gasteiger partial charge in [0.2, 0.25) is 5.91 Å². The fraction of sp³-hybridized carbons (Fsp3) is 0.417. The normalized spacial score (nSPS) is 11.9. The van der Waals surface area contributed by atoms with Crippen molar-refractivity contribution in [2.24, 2.45) is 0 Å². The van der Waals surface area contributed by atoms with Gasteiger partial charge in [0, 0.05) is 13.6 Å². The van der Waals surface area contributed by atoms with Crippen LogP contribution in [0.25, 0.3) is 0 Å². The highest BCUT2D eigenvalue weighted by Gasteiger charge is 2.05. The lowest BCUT2D eigenvalue weighted by molar-refractivity contribution is -0.119. The minimum absolute atomic E-state index is 0.110. The van der Waals surface area contributed by atoms with Crippen molar-refractivity contribution in [3.05, 3.63) is 30.3 Å². The second-order valence-electron chi connectivity index (χ2n) is 3.58. The Hall–Kier alpha value is -1.59. The molecule has 1 rings (SSSR count). The van der Waals surface area contributed by atoms with Gasteiger partial charge in [-0.2, -0.15) is 0 Å². The molecule has 1 amide bonds. The topological polar surface area (TPSA) is 70.6 Å². The van der Waals surface area contributed by atoms with Crippen LogP contribution in [0, 0.1) is 0 Å². The molecule has 0 aliphatic rings. The van der Waals surface area contributed by atoms with Gasteiger partial charge in [-0.15, -0.1) is 0 Å². The zero-order valence-electron chi connectivity index (χ0n) is 9.85. The van der Waals surface area contributed by atoms with Crippen molar-refractivity contribution >= 4 is 5.91 Å². The molecule has 0 spiro atoms. The van der Waals surface area contributed by atoms with Crippen molar-refractivity contribution in [3.8, 4) is 5.75 Å². The van der Waals surface area contributed by atoms with E-state index in [1.165, 1.54) is 0 Å². The summed E-state index contributed by atoms with van der Waals surface area (Å²) in [6.07, 6.45) is -0.639. The average molecular weight is 238 g/mol. The molecule has 1 atom stereocenters. The van der Waals surface area contributed by atoms with E-state index in [1.807, 2.05) is 30.3 Å². The Kier molecular flexibility index (Phi) is 6.06. The maximum Gasteiger partial charge on any atom is 0.233 e. The summed E-state index contributed by atoms with van der Waals surface area (Å²) < 4.78 is 5.36. The van der Waals surface area contributed by atoms with Gasteiger partial charge in [0.25, 0.3) is 0 Å². The summed E-state index contributed by atoms with van der Waals surface area (Å²) in [7, 11) is 1.57. The minimum atomic E-state index is -0.639. The number of carbonyl (C=O) groups is 1. The smallest absolute Gasteiger partial charge is 0.233 e. The van der Waals surface area contributed by atoms with Gasteiger partial charge in [-0.1, -0.05) is 18.2 Å². The first-order chi connectivity index (χ1) is 8.22. The van der Waals surface area contributed by atoms with Gasteiger partial charge in [0.1, 0.15) is 18.5 Å². The van der Waals surface area contributed by atoms with Gasteiger partial charge in [-0.05, 0) is 12.1 Å². The standard InChI is InChI=1S/C12H18N2O3/c1-13-12(16)8-14-7-10(15)9-17-11-5-3-2-4-6-11/h2-6,10,14-15H,7-9H2,1H3,(H,13,16). The molecule has 0 saturated heterocycles. The number of amides is 1. The molecular weight excluding hydrogens is 220 g/mol. The molecule has 0 aromatic heterocycles. The highest BCUT2D eigenvalue weighted by molar-refractivity contribution is 5.77. The molecule has 0 heterocycles. The molecule has 1 aromatic rings. The Morgan fingerprint density at radius 1 is 1.41 bits per heavy atom. The number of hydrogen-bond acceptors (Lipinski definition) is 4. The summed E-state index contributed by atoms with van der Waals surface area (Å²) in [5, 5.41) is 14.9. The van der Waals surface area contributed by atoms with Crippen LogP contribution in [0.15, 0.2) is 30.3 Å². The van der Waals surface area contributed by atoms with E-state index in [0.29, 0.717) is 6.54 Å². The van der Waals surface area contributed by atoms with Crippen molar-refractivity contribution in [3.63, 3.8) is 0 Å². The summed E-state index contributed by atoms with van der Waals surface area (Å²) in [4.78, 5) is 10.9. The molecule has 0 aliphatic heterocycles. The lowest BCUT2D eigenvalue weighted by Gasteiger charge is -2.12. The lowest BCUT2D eigenvalue weighted by atomic mass is 10.3. The van der Waals surface area contributed by atoms with Crippen molar-refractivity contribution in [1.82, 2.24) is 10.6 Å². The van der Waals surface area contributed by atoms with Crippen molar-refractivity contribution in [1.29, 1.82) is 0 Å². The molecule has 1 aromatic carbocycles.